The number of carbonyl (C=O) groups is 1. The van der Waals surface area contributed by atoms with Crippen LogP contribution in [0, 0.1) is 10.1 Å². The van der Waals surface area contributed by atoms with Crippen molar-refractivity contribution in [3.8, 4) is 0 Å². The van der Waals surface area contributed by atoms with Crippen LogP contribution in [0.4, 0.5) is 16.2 Å². The molecule has 1 aromatic carbocycles. The highest BCUT2D eigenvalue weighted by molar-refractivity contribution is 5.92. The standard InChI is InChI=1S/C18H23N3O5/c1-18(2,3)19-17(22)26-14-4-7-20(8-5-14)15-11-13(21(23)24)10-12-6-9-25-16(12)15/h6,9-11,14H,4-5,7-8H2,1-3H3,(H,19,22). The van der Waals surface area contributed by atoms with Crippen molar-refractivity contribution in [2.75, 3.05) is 18.0 Å². The molecule has 1 fully saturated rings. The van der Waals surface area contributed by atoms with E-state index >= 15 is 0 Å². The Morgan fingerprint density at radius 1 is 1.35 bits per heavy atom. The summed E-state index contributed by atoms with van der Waals surface area (Å²) in [4.78, 5) is 24.7. The number of amides is 1. The number of piperidine rings is 1. The lowest BCUT2D eigenvalue weighted by Crippen LogP contribution is -2.44. The number of ether oxygens (including phenoxy) is 1. The zero-order chi connectivity index (χ0) is 18.9. The van der Waals surface area contributed by atoms with Crippen LogP contribution in [0.3, 0.4) is 0 Å². The summed E-state index contributed by atoms with van der Waals surface area (Å²) >= 11 is 0. The van der Waals surface area contributed by atoms with Gasteiger partial charge in [-0.25, -0.2) is 4.79 Å². The molecule has 1 aliphatic heterocycles. The average Bonchev–Trinajstić information content (AvgIpc) is 3.01. The van der Waals surface area contributed by atoms with Crippen molar-refractivity contribution in [3.63, 3.8) is 0 Å². The molecule has 8 heteroatoms. The Hall–Kier alpha value is -2.77. The SMILES string of the molecule is CC(C)(C)NC(=O)OC1CCN(c2cc([N+](=O)[O-])cc3ccoc23)CC1. The molecule has 0 saturated carbocycles. The van der Waals surface area contributed by atoms with E-state index < -0.39 is 11.0 Å². The van der Waals surface area contributed by atoms with Gasteiger partial charge in [-0.2, -0.15) is 0 Å². The summed E-state index contributed by atoms with van der Waals surface area (Å²) in [6.45, 7) is 6.95. The third-order valence-electron chi connectivity index (χ3n) is 4.26. The lowest BCUT2D eigenvalue weighted by Gasteiger charge is -2.33. The van der Waals surface area contributed by atoms with Gasteiger partial charge in [-0.05, 0) is 26.8 Å². The number of nitrogens with zero attached hydrogens (tertiary/aromatic N) is 2. The van der Waals surface area contributed by atoms with Gasteiger partial charge >= 0.3 is 6.09 Å². The second-order valence-electron chi connectivity index (χ2n) is 7.53. The molecule has 2 heterocycles. The van der Waals surface area contributed by atoms with Crippen molar-refractivity contribution in [1.29, 1.82) is 0 Å². The molecular formula is C18H23N3O5. The quantitative estimate of drug-likeness (QED) is 0.659. The van der Waals surface area contributed by atoms with Crippen molar-refractivity contribution in [3.05, 3.63) is 34.6 Å². The van der Waals surface area contributed by atoms with Crippen LogP contribution < -0.4 is 10.2 Å². The lowest BCUT2D eigenvalue weighted by atomic mass is 10.1. The van der Waals surface area contributed by atoms with Gasteiger partial charge in [0.1, 0.15) is 6.10 Å². The molecule has 0 spiro atoms. The molecule has 26 heavy (non-hydrogen) atoms. The summed E-state index contributed by atoms with van der Waals surface area (Å²) in [7, 11) is 0. The van der Waals surface area contributed by atoms with Crippen molar-refractivity contribution in [2.45, 2.75) is 45.3 Å². The van der Waals surface area contributed by atoms with Crippen molar-refractivity contribution < 1.29 is 18.9 Å². The summed E-state index contributed by atoms with van der Waals surface area (Å²) in [5, 5.41) is 14.7. The normalized spacial score (nSPS) is 15.9. The van der Waals surface area contributed by atoms with Gasteiger partial charge in [-0.15, -0.1) is 0 Å². The van der Waals surface area contributed by atoms with E-state index in [-0.39, 0.29) is 17.3 Å². The summed E-state index contributed by atoms with van der Waals surface area (Å²) in [5.74, 6) is 0. The van der Waals surface area contributed by atoms with Gasteiger partial charge < -0.3 is 19.4 Å². The van der Waals surface area contributed by atoms with Gasteiger partial charge in [0.05, 0.1) is 16.9 Å². The first-order valence-corrected chi connectivity index (χ1v) is 8.62. The number of rotatable bonds is 3. The Bertz CT molecular complexity index is 816. The van der Waals surface area contributed by atoms with E-state index in [1.165, 1.54) is 12.3 Å². The molecule has 2 aromatic rings. The number of nitro benzene ring substituents is 1. The average molecular weight is 361 g/mol. The number of furan rings is 1. The molecule has 1 aliphatic rings. The van der Waals surface area contributed by atoms with Crippen LogP contribution in [0.5, 0.6) is 0 Å². The first-order chi connectivity index (χ1) is 12.2. The number of hydrogen-bond acceptors (Lipinski definition) is 6. The Morgan fingerprint density at radius 2 is 2.04 bits per heavy atom. The first kappa shape index (κ1) is 18.0. The molecule has 0 aliphatic carbocycles. The van der Waals surface area contributed by atoms with Crippen LogP contribution in [0.25, 0.3) is 11.0 Å². The maximum atomic E-state index is 11.9. The molecule has 0 atom stereocenters. The van der Waals surface area contributed by atoms with Crippen molar-refractivity contribution >= 4 is 28.4 Å². The molecule has 1 aromatic heterocycles. The van der Waals surface area contributed by atoms with Crippen LogP contribution in [0.15, 0.2) is 28.9 Å². The summed E-state index contributed by atoms with van der Waals surface area (Å²) in [6.07, 6.45) is 2.26. The smallest absolute Gasteiger partial charge is 0.407 e. The minimum absolute atomic E-state index is 0.0387. The fourth-order valence-electron chi connectivity index (χ4n) is 3.09. The summed E-state index contributed by atoms with van der Waals surface area (Å²) in [5.41, 5.74) is 1.04. The highest BCUT2D eigenvalue weighted by Gasteiger charge is 2.26. The van der Waals surface area contributed by atoms with Gasteiger partial charge in [0.15, 0.2) is 5.58 Å². The Labute approximate surface area is 151 Å². The molecule has 8 nitrogen and oxygen atoms in total. The van der Waals surface area contributed by atoms with Crippen molar-refractivity contribution in [1.82, 2.24) is 5.32 Å². The van der Waals surface area contributed by atoms with Crippen LogP contribution in [-0.2, 0) is 4.74 Å². The van der Waals surface area contributed by atoms with E-state index in [0.717, 1.165) is 0 Å². The largest absolute Gasteiger partial charge is 0.462 e. The number of carbonyl (C=O) groups excluding carboxylic acids is 1. The Balaban J connectivity index is 1.69. The Kier molecular flexibility index (Phi) is 4.76. The van der Waals surface area contributed by atoms with E-state index in [0.29, 0.717) is 42.6 Å². The van der Waals surface area contributed by atoms with Crippen LogP contribution in [0.2, 0.25) is 0 Å². The van der Waals surface area contributed by atoms with Gasteiger partial charge in [0.2, 0.25) is 0 Å². The molecular weight excluding hydrogens is 338 g/mol. The minimum Gasteiger partial charge on any atom is -0.462 e. The molecule has 140 valence electrons. The molecule has 3 rings (SSSR count). The molecule has 1 N–H and O–H groups in total. The maximum absolute atomic E-state index is 11.9. The number of nitrogens with one attached hydrogen (secondary N) is 1. The van der Waals surface area contributed by atoms with Gasteiger partial charge in [-0.1, -0.05) is 0 Å². The van der Waals surface area contributed by atoms with Crippen LogP contribution in [0.1, 0.15) is 33.6 Å². The number of alkyl carbamates (subject to hydrolysis) is 1. The second kappa shape index (κ2) is 6.86. The van der Waals surface area contributed by atoms with E-state index in [2.05, 4.69) is 5.32 Å². The number of anilines is 1. The van der Waals surface area contributed by atoms with Gasteiger partial charge in [0.25, 0.3) is 5.69 Å². The monoisotopic (exact) mass is 361 g/mol. The highest BCUT2D eigenvalue weighted by atomic mass is 16.6. The zero-order valence-corrected chi connectivity index (χ0v) is 15.2. The number of hydrogen-bond donors (Lipinski definition) is 1. The predicted octanol–water partition coefficient (Wildman–Crippen LogP) is 3.83. The van der Waals surface area contributed by atoms with E-state index in [9.17, 15) is 14.9 Å². The topological polar surface area (TPSA) is 97.8 Å². The number of fused-ring (bicyclic) bond motifs is 1. The molecule has 1 saturated heterocycles. The zero-order valence-electron chi connectivity index (χ0n) is 15.2. The van der Waals surface area contributed by atoms with Crippen molar-refractivity contribution in [2.24, 2.45) is 0 Å². The summed E-state index contributed by atoms with van der Waals surface area (Å²) in [6, 6.07) is 4.77. The third-order valence-corrected chi connectivity index (χ3v) is 4.26. The Morgan fingerprint density at radius 3 is 2.65 bits per heavy atom. The number of nitro groups is 1. The lowest BCUT2D eigenvalue weighted by molar-refractivity contribution is -0.384. The van der Waals surface area contributed by atoms with E-state index in [1.807, 2.05) is 25.7 Å². The first-order valence-electron chi connectivity index (χ1n) is 8.62. The summed E-state index contributed by atoms with van der Waals surface area (Å²) < 4.78 is 11.0. The highest BCUT2D eigenvalue weighted by Crippen LogP contribution is 2.34. The fraction of sp³-hybridized carbons (Fsp3) is 0.500. The van der Waals surface area contributed by atoms with E-state index in [1.54, 1.807) is 12.1 Å². The number of non-ortho nitro benzene ring substituents is 1. The van der Waals surface area contributed by atoms with Gasteiger partial charge in [0, 0.05) is 49.0 Å². The minimum atomic E-state index is -0.417. The predicted molar refractivity (Wildman–Crippen MR) is 97.5 cm³/mol. The molecule has 0 radical (unpaired) electrons. The third kappa shape index (κ3) is 4.07. The number of benzene rings is 1. The van der Waals surface area contributed by atoms with Crippen LogP contribution in [-0.4, -0.2) is 35.7 Å². The van der Waals surface area contributed by atoms with Crippen LogP contribution >= 0.6 is 0 Å². The molecule has 0 bridgehead atoms. The molecule has 1 amide bonds. The molecule has 0 unspecified atom stereocenters. The van der Waals surface area contributed by atoms with E-state index in [4.69, 9.17) is 9.15 Å². The second-order valence-corrected chi connectivity index (χ2v) is 7.53. The van der Waals surface area contributed by atoms with Gasteiger partial charge in [-0.3, -0.25) is 10.1 Å². The maximum Gasteiger partial charge on any atom is 0.407 e. The fourth-order valence-corrected chi connectivity index (χ4v) is 3.09.